The van der Waals surface area contributed by atoms with Gasteiger partial charge in [-0.15, -0.1) is 0 Å². The summed E-state index contributed by atoms with van der Waals surface area (Å²) in [5.41, 5.74) is 0.971. The molecule has 1 fully saturated rings. The fraction of sp³-hybridized carbons (Fsp3) is 0.667. The van der Waals surface area contributed by atoms with Crippen LogP contribution in [0.5, 0.6) is 5.75 Å². The number of ether oxygens (including phenoxy) is 1. The lowest BCUT2D eigenvalue weighted by molar-refractivity contribution is 0.122. The van der Waals surface area contributed by atoms with Crippen LogP contribution in [0.15, 0.2) is 24.3 Å². The molecule has 0 bridgehead atoms. The molecule has 2 unspecified atom stereocenters. The summed E-state index contributed by atoms with van der Waals surface area (Å²) in [4.78, 5) is 2.38. The van der Waals surface area contributed by atoms with Gasteiger partial charge in [0, 0.05) is 13.1 Å². The lowest BCUT2D eigenvalue weighted by Crippen LogP contribution is -2.27. The van der Waals surface area contributed by atoms with Crippen molar-refractivity contribution in [1.29, 1.82) is 0 Å². The average molecular weight is 291 g/mol. The second-order valence-corrected chi connectivity index (χ2v) is 6.80. The summed E-state index contributed by atoms with van der Waals surface area (Å²) in [6.07, 6.45) is 1.02. The maximum atomic E-state index is 10.4. The van der Waals surface area contributed by atoms with Crippen LogP contribution >= 0.6 is 0 Å². The normalized spacial score (nSPS) is 21.2. The van der Waals surface area contributed by atoms with E-state index in [-0.39, 0.29) is 6.10 Å². The molecule has 1 aliphatic rings. The molecule has 0 aliphatic carbocycles. The molecule has 1 heterocycles. The Balaban J connectivity index is 1.87. The van der Waals surface area contributed by atoms with Gasteiger partial charge in [0.15, 0.2) is 0 Å². The van der Waals surface area contributed by atoms with Gasteiger partial charge in [-0.2, -0.15) is 0 Å². The summed E-state index contributed by atoms with van der Waals surface area (Å²) in [6.45, 7) is 11.6. The fourth-order valence-electron chi connectivity index (χ4n) is 2.96. The van der Waals surface area contributed by atoms with Gasteiger partial charge in [0.1, 0.15) is 5.75 Å². The number of hydrogen-bond acceptors (Lipinski definition) is 3. The molecule has 0 aromatic heterocycles. The Hall–Kier alpha value is -1.06. The summed E-state index contributed by atoms with van der Waals surface area (Å²) in [7, 11) is 0. The first-order valence-corrected chi connectivity index (χ1v) is 8.12. The third-order valence-electron chi connectivity index (χ3n) is 4.32. The SMILES string of the molecule is CC(C)Oc1ccc(C(O)CN2CCC(C(C)C)C2)cc1. The summed E-state index contributed by atoms with van der Waals surface area (Å²) < 4.78 is 5.63. The molecule has 118 valence electrons. The molecular weight excluding hydrogens is 262 g/mol. The minimum atomic E-state index is -0.413. The van der Waals surface area contributed by atoms with Crippen LogP contribution in [-0.2, 0) is 0 Å². The number of hydrogen-bond donors (Lipinski definition) is 1. The third-order valence-corrected chi connectivity index (χ3v) is 4.32. The van der Waals surface area contributed by atoms with Crippen molar-refractivity contribution in [2.45, 2.75) is 46.3 Å². The minimum Gasteiger partial charge on any atom is -0.491 e. The van der Waals surface area contributed by atoms with Gasteiger partial charge >= 0.3 is 0 Å². The maximum absolute atomic E-state index is 10.4. The molecule has 1 aromatic carbocycles. The Bertz CT molecular complexity index is 427. The third kappa shape index (κ3) is 4.72. The summed E-state index contributed by atoms with van der Waals surface area (Å²) in [5.74, 6) is 2.38. The van der Waals surface area contributed by atoms with E-state index in [0.717, 1.165) is 42.8 Å². The van der Waals surface area contributed by atoms with Gasteiger partial charge in [-0.25, -0.2) is 0 Å². The van der Waals surface area contributed by atoms with Crippen molar-refractivity contribution < 1.29 is 9.84 Å². The van der Waals surface area contributed by atoms with Crippen LogP contribution in [0.2, 0.25) is 0 Å². The Morgan fingerprint density at radius 1 is 1.19 bits per heavy atom. The standard InChI is InChI=1S/C18H29NO2/c1-13(2)16-9-10-19(11-16)12-18(20)15-5-7-17(8-6-15)21-14(3)4/h5-8,13-14,16,18,20H,9-12H2,1-4H3. The molecule has 3 heteroatoms. The first-order valence-electron chi connectivity index (χ1n) is 8.12. The zero-order chi connectivity index (χ0) is 15.4. The molecular formula is C18H29NO2. The van der Waals surface area contributed by atoms with Gasteiger partial charge in [-0.1, -0.05) is 26.0 Å². The first kappa shape index (κ1) is 16.3. The monoisotopic (exact) mass is 291 g/mol. The number of aliphatic hydroxyl groups excluding tert-OH is 1. The molecule has 0 radical (unpaired) electrons. The Morgan fingerprint density at radius 3 is 2.38 bits per heavy atom. The predicted octanol–water partition coefficient (Wildman–Crippen LogP) is 3.49. The predicted molar refractivity (Wildman–Crippen MR) is 86.6 cm³/mol. The molecule has 2 atom stereocenters. The second-order valence-electron chi connectivity index (χ2n) is 6.80. The molecule has 1 N–H and O–H groups in total. The topological polar surface area (TPSA) is 32.7 Å². The van der Waals surface area contributed by atoms with E-state index in [1.165, 1.54) is 6.42 Å². The van der Waals surface area contributed by atoms with Crippen LogP contribution in [0.1, 0.15) is 45.8 Å². The lowest BCUT2D eigenvalue weighted by Gasteiger charge is -2.21. The average Bonchev–Trinajstić information content (AvgIpc) is 2.87. The van der Waals surface area contributed by atoms with Crippen molar-refractivity contribution in [2.75, 3.05) is 19.6 Å². The van der Waals surface area contributed by atoms with Crippen molar-refractivity contribution in [3.8, 4) is 5.75 Å². The van der Waals surface area contributed by atoms with E-state index in [1.54, 1.807) is 0 Å². The Morgan fingerprint density at radius 2 is 1.86 bits per heavy atom. The number of β-amino-alcohol motifs (C(OH)–C–C–N with tert-alkyl or cyclic N) is 1. The van der Waals surface area contributed by atoms with Crippen molar-refractivity contribution in [2.24, 2.45) is 11.8 Å². The molecule has 1 saturated heterocycles. The van der Waals surface area contributed by atoms with Crippen LogP contribution < -0.4 is 4.74 Å². The molecule has 1 aliphatic heterocycles. The van der Waals surface area contributed by atoms with E-state index >= 15 is 0 Å². The number of likely N-dealkylation sites (tertiary alicyclic amines) is 1. The summed E-state index contributed by atoms with van der Waals surface area (Å²) >= 11 is 0. The van der Waals surface area contributed by atoms with Crippen molar-refractivity contribution in [3.63, 3.8) is 0 Å². The molecule has 21 heavy (non-hydrogen) atoms. The van der Waals surface area contributed by atoms with E-state index in [9.17, 15) is 5.11 Å². The van der Waals surface area contributed by atoms with E-state index < -0.39 is 6.10 Å². The van der Waals surface area contributed by atoms with Crippen LogP contribution in [0.25, 0.3) is 0 Å². The maximum Gasteiger partial charge on any atom is 0.119 e. The van der Waals surface area contributed by atoms with Gasteiger partial charge in [0.2, 0.25) is 0 Å². The number of aliphatic hydroxyl groups is 1. The fourth-order valence-corrected chi connectivity index (χ4v) is 2.96. The van der Waals surface area contributed by atoms with Gasteiger partial charge in [0.05, 0.1) is 12.2 Å². The molecule has 0 spiro atoms. The van der Waals surface area contributed by atoms with Crippen molar-refractivity contribution >= 4 is 0 Å². The zero-order valence-corrected chi connectivity index (χ0v) is 13.7. The lowest BCUT2D eigenvalue weighted by atomic mass is 9.95. The molecule has 0 amide bonds. The van der Waals surface area contributed by atoms with E-state index in [2.05, 4.69) is 18.7 Å². The van der Waals surface area contributed by atoms with E-state index in [0.29, 0.717) is 0 Å². The van der Waals surface area contributed by atoms with E-state index in [4.69, 9.17) is 4.74 Å². The second kappa shape index (κ2) is 7.28. The van der Waals surface area contributed by atoms with Crippen LogP contribution in [0, 0.1) is 11.8 Å². The van der Waals surface area contributed by atoms with Crippen LogP contribution in [0.4, 0.5) is 0 Å². The van der Waals surface area contributed by atoms with Crippen LogP contribution in [-0.4, -0.2) is 35.7 Å². The largest absolute Gasteiger partial charge is 0.491 e. The summed E-state index contributed by atoms with van der Waals surface area (Å²) in [5, 5.41) is 10.4. The number of rotatable bonds is 6. The quantitative estimate of drug-likeness (QED) is 0.871. The first-order chi connectivity index (χ1) is 9.95. The molecule has 0 saturated carbocycles. The number of nitrogens with zero attached hydrogens (tertiary/aromatic N) is 1. The smallest absolute Gasteiger partial charge is 0.119 e. The van der Waals surface area contributed by atoms with Crippen molar-refractivity contribution in [1.82, 2.24) is 4.90 Å². The highest BCUT2D eigenvalue weighted by molar-refractivity contribution is 5.28. The van der Waals surface area contributed by atoms with Gasteiger partial charge in [0.25, 0.3) is 0 Å². The molecule has 2 rings (SSSR count). The number of benzene rings is 1. The highest BCUT2D eigenvalue weighted by atomic mass is 16.5. The minimum absolute atomic E-state index is 0.179. The highest BCUT2D eigenvalue weighted by Crippen LogP contribution is 2.26. The van der Waals surface area contributed by atoms with Gasteiger partial charge in [-0.3, -0.25) is 0 Å². The summed E-state index contributed by atoms with van der Waals surface area (Å²) in [6, 6.07) is 7.83. The van der Waals surface area contributed by atoms with Crippen LogP contribution in [0.3, 0.4) is 0 Å². The van der Waals surface area contributed by atoms with E-state index in [1.807, 2.05) is 38.1 Å². The molecule has 3 nitrogen and oxygen atoms in total. The highest BCUT2D eigenvalue weighted by Gasteiger charge is 2.26. The Kier molecular flexibility index (Phi) is 5.65. The van der Waals surface area contributed by atoms with Gasteiger partial charge < -0.3 is 14.7 Å². The zero-order valence-electron chi connectivity index (χ0n) is 13.7. The van der Waals surface area contributed by atoms with Gasteiger partial charge in [-0.05, 0) is 56.3 Å². The van der Waals surface area contributed by atoms with Crippen molar-refractivity contribution in [3.05, 3.63) is 29.8 Å². The molecule has 1 aromatic rings. The Labute approximate surface area is 128 Å².